The van der Waals surface area contributed by atoms with Crippen LogP contribution in [0.2, 0.25) is 0 Å². The fourth-order valence-electron chi connectivity index (χ4n) is 3.33. The second-order valence-electron chi connectivity index (χ2n) is 7.12. The number of carbonyl (C=O) groups excluding carboxylic acids is 1. The number of carbonyl (C=O) groups is 1. The molecule has 0 bridgehead atoms. The van der Waals surface area contributed by atoms with E-state index in [1.165, 1.54) is 0 Å². The number of anilines is 1. The Kier molecular flexibility index (Phi) is 5.46. The fourth-order valence-corrected chi connectivity index (χ4v) is 3.33. The summed E-state index contributed by atoms with van der Waals surface area (Å²) in [5.41, 5.74) is 2.93. The van der Waals surface area contributed by atoms with Crippen molar-refractivity contribution in [2.24, 2.45) is 0 Å². The van der Waals surface area contributed by atoms with Gasteiger partial charge in [0, 0.05) is 12.1 Å². The summed E-state index contributed by atoms with van der Waals surface area (Å²) in [6.07, 6.45) is 0.290. The number of hydrogen-bond donors (Lipinski definition) is 1. The maximum Gasteiger partial charge on any atom is 0.262 e. The maximum absolute atomic E-state index is 12.5. The predicted molar refractivity (Wildman–Crippen MR) is 110 cm³/mol. The van der Waals surface area contributed by atoms with Crippen LogP contribution in [-0.4, -0.2) is 35.3 Å². The van der Waals surface area contributed by atoms with Crippen LogP contribution in [0.1, 0.15) is 24.8 Å². The first kappa shape index (κ1) is 19.0. The Morgan fingerprint density at radius 2 is 2.07 bits per heavy atom. The molecule has 0 unspecified atom stereocenters. The van der Waals surface area contributed by atoms with Crippen LogP contribution >= 0.6 is 0 Å². The Hall–Kier alpha value is -3.35. The molecule has 0 saturated carbocycles. The number of rotatable bonds is 6. The lowest BCUT2D eigenvalue weighted by molar-refractivity contribution is -0.127. The van der Waals surface area contributed by atoms with Gasteiger partial charge in [-0.3, -0.25) is 4.79 Å². The van der Waals surface area contributed by atoms with Crippen molar-refractivity contribution in [1.29, 1.82) is 0 Å². The summed E-state index contributed by atoms with van der Waals surface area (Å²) in [5.74, 6) is 1.54. The lowest BCUT2D eigenvalue weighted by Crippen LogP contribution is -2.48. The average Bonchev–Trinajstić information content (AvgIpc) is 3.20. The zero-order chi connectivity index (χ0) is 20.2. The van der Waals surface area contributed by atoms with Crippen molar-refractivity contribution in [3.8, 4) is 17.2 Å². The molecule has 1 aliphatic heterocycles. The minimum absolute atomic E-state index is 0.114. The molecule has 1 aromatic heterocycles. The van der Waals surface area contributed by atoms with Gasteiger partial charge in [0.25, 0.3) is 5.91 Å². The van der Waals surface area contributed by atoms with Crippen LogP contribution < -0.4 is 15.0 Å². The summed E-state index contributed by atoms with van der Waals surface area (Å²) < 4.78 is 11.8. The molecule has 150 valence electrons. The number of para-hydroxylation sites is 2. The first-order valence-electron chi connectivity index (χ1n) is 9.82. The third-order valence-corrected chi connectivity index (χ3v) is 4.76. The molecular weight excluding hydrogens is 368 g/mol. The van der Waals surface area contributed by atoms with Crippen molar-refractivity contribution >= 4 is 11.6 Å². The molecule has 0 aliphatic carbocycles. The quantitative estimate of drug-likeness (QED) is 0.693. The number of nitrogens with one attached hydrogen (secondary N) is 1. The van der Waals surface area contributed by atoms with E-state index in [-0.39, 0.29) is 5.91 Å². The highest BCUT2D eigenvalue weighted by Crippen LogP contribution is 2.34. The third kappa shape index (κ3) is 4.23. The summed E-state index contributed by atoms with van der Waals surface area (Å²) >= 11 is 0. The lowest BCUT2D eigenvalue weighted by atomic mass is 10.1. The van der Waals surface area contributed by atoms with Gasteiger partial charge in [0.1, 0.15) is 5.75 Å². The van der Waals surface area contributed by atoms with Gasteiger partial charge in [0.15, 0.2) is 6.10 Å². The molecule has 7 heteroatoms. The molecule has 0 radical (unpaired) electrons. The molecule has 4 rings (SSSR count). The molecule has 1 amide bonds. The van der Waals surface area contributed by atoms with Crippen molar-refractivity contribution in [1.82, 2.24) is 15.5 Å². The van der Waals surface area contributed by atoms with Crippen LogP contribution in [0.3, 0.4) is 0 Å². The summed E-state index contributed by atoms with van der Waals surface area (Å²) in [4.78, 5) is 14.5. The summed E-state index contributed by atoms with van der Waals surface area (Å²) in [6.45, 7) is 5.48. The monoisotopic (exact) mass is 392 g/mol. The molecule has 29 heavy (non-hydrogen) atoms. The van der Waals surface area contributed by atoms with Gasteiger partial charge >= 0.3 is 0 Å². The van der Waals surface area contributed by atoms with E-state index in [4.69, 9.17) is 9.15 Å². The summed E-state index contributed by atoms with van der Waals surface area (Å²) in [6, 6.07) is 15.6. The number of benzene rings is 2. The summed E-state index contributed by atoms with van der Waals surface area (Å²) in [5, 5.41) is 11.3. The highest BCUT2D eigenvalue weighted by Gasteiger charge is 2.31. The van der Waals surface area contributed by atoms with Gasteiger partial charge in [-0.2, -0.15) is 0 Å². The molecule has 0 saturated heterocycles. The number of hydrogen-bond acceptors (Lipinski definition) is 6. The number of aryl methyl sites for hydroxylation is 1. The van der Waals surface area contributed by atoms with Gasteiger partial charge < -0.3 is 19.4 Å². The standard InChI is InChI=1S/C22H24N4O3/c1-3-11-23-21(27)19-13-26(17-9-4-5-10-18(17)28-19)14-20-24-25-22(29-20)16-8-6-7-15(2)12-16/h4-10,12,19H,3,11,13-14H2,1-2H3,(H,23,27)/t19-/m1/s1. The highest BCUT2D eigenvalue weighted by molar-refractivity contribution is 5.83. The van der Waals surface area contributed by atoms with E-state index in [9.17, 15) is 4.79 Å². The van der Waals surface area contributed by atoms with E-state index in [0.717, 1.165) is 23.2 Å². The normalized spacial score (nSPS) is 15.5. The minimum atomic E-state index is -0.587. The van der Waals surface area contributed by atoms with E-state index in [1.807, 2.05) is 67.3 Å². The van der Waals surface area contributed by atoms with E-state index in [1.54, 1.807) is 0 Å². The van der Waals surface area contributed by atoms with Crippen LogP contribution in [0.5, 0.6) is 5.75 Å². The largest absolute Gasteiger partial charge is 0.477 e. The zero-order valence-corrected chi connectivity index (χ0v) is 16.6. The second kappa shape index (κ2) is 8.34. The maximum atomic E-state index is 12.5. The predicted octanol–water partition coefficient (Wildman–Crippen LogP) is 3.34. The van der Waals surface area contributed by atoms with E-state index in [0.29, 0.717) is 37.2 Å². The van der Waals surface area contributed by atoms with Gasteiger partial charge in [-0.25, -0.2) is 0 Å². The summed E-state index contributed by atoms with van der Waals surface area (Å²) in [7, 11) is 0. The van der Waals surface area contributed by atoms with Crippen LogP contribution in [0.4, 0.5) is 5.69 Å². The number of amides is 1. The first-order chi connectivity index (χ1) is 14.1. The molecule has 1 aliphatic rings. The molecule has 1 atom stereocenters. The van der Waals surface area contributed by atoms with Crippen molar-refractivity contribution in [3.05, 3.63) is 60.0 Å². The van der Waals surface area contributed by atoms with Crippen molar-refractivity contribution in [3.63, 3.8) is 0 Å². The molecule has 0 fully saturated rings. The Morgan fingerprint density at radius 1 is 1.21 bits per heavy atom. The topological polar surface area (TPSA) is 80.5 Å². The number of fused-ring (bicyclic) bond motifs is 1. The Morgan fingerprint density at radius 3 is 2.90 bits per heavy atom. The SMILES string of the molecule is CCCNC(=O)[C@H]1CN(Cc2nnc(-c3cccc(C)c3)o2)c2ccccc2O1. The lowest BCUT2D eigenvalue weighted by Gasteiger charge is -2.34. The van der Waals surface area contributed by atoms with Crippen molar-refractivity contribution in [2.75, 3.05) is 18.0 Å². The van der Waals surface area contributed by atoms with Crippen LogP contribution in [0, 0.1) is 6.92 Å². The van der Waals surface area contributed by atoms with Gasteiger partial charge in [-0.05, 0) is 37.6 Å². The molecule has 2 aromatic carbocycles. The third-order valence-electron chi connectivity index (χ3n) is 4.76. The van der Waals surface area contributed by atoms with E-state index in [2.05, 4.69) is 15.5 Å². The van der Waals surface area contributed by atoms with Crippen molar-refractivity contribution < 1.29 is 13.9 Å². The van der Waals surface area contributed by atoms with Gasteiger partial charge in [0.05, 0.1) is 18.8 Å². The number of nitrogens with zero attached hydrogens (tertiary/aromatic N) is 3. The Labute approximate surface area is 169 Å². The van der Waals surface area contributed by atoms with Crippen molar-refractivity contribution in [2.45, 2.75) is 32.9 Å². The Bertz CT molecular complexity index is 1000. The molecule has 7 nitrogen and oxygen atoms in total. The molecule has 0 spiro atoms. The number of aromatic nitrogens is 2. The number of ether oxygens (including phenoxy) is 1. The van der Waals surface area contributed by atoms with Gasteiger partial charge in [-0.15, -0.1) is 10.2 Å². The molecule has 3 aromatic rings. The van der Waals surface area contributed by atoms with E-state index < -0.39 is 6.10 Å². The molecule has 2 heterocycles. The highest BCUT2D eigenvalue weighted by atomic mass is 16.5. The average molecular weight is 392 g/mol. The van der Waals surface area contributed by atoms with Gasteiger partial charge in [0.2, 0.25) is 11.8 Å². The smallest absolute Gasteiger partial charge is 0.262 e. The Balaban J connectivity index is 1.55. The second-order valence-corrected chi connectivity index (χ2v) is 7.12. The van der Waals surface area contributed by atoms with Crippen LogP contribution in [0.15, 0.2) is 52.9 Å². The van der Waals surface area contributed by atoms with Crippen LogP contribution in [0.25, 0.3) is 11.5 Å². The van der Waals surface area contributed by atoms with Gasteiger partial charge in [-0.1, -0.05) is 36.8 Å². The van der Waals surface area contributed by atoms with Crippen LogP contribution in [-0.2, 0) is 11.3 Å². The van der Waals surface area contributed by atoms with E-state index >= 15 is 0 Å². The fraction of sp³-hybridized carbons (Fsp3) is 0.318. The first-order valence-corrected chi connectivity index (χ1v) is 9.82. The minimum Gasteiger partial charge on any atom is -0.477 e. The molecular formula is C22H24N4O3. The zero-order valence-electron chi connectivity index (χ0n) is 16.6. The molecule has 1 N–H and O–H groups in total.